The number of nitrogens with zero attached hydrogens (tertiary/aromatic N) is 2. The fourth-order valence-electron chi connectivity index (χ4n) is 1.58. The maximum Gasteiger partial charge on any atom is 0.268 e. The molecule has 0 saturated carbocycles. The highest BCUT2D eigenvalue weighted by Gasteiger charge is 2.35. The smallest absolute Gasteiger partial charge is 0.268 e. The van der Waals surface area contributed by atoms with Crippen LogP contribution in [0.15, 0.2) is 16.6 Å². The van der Waals surface area contributed by atoms with Crippen LogP contribution in [-0.2, 0) is 16.6 Å². The summed E-state index contributed by atoms with van der Waals surface area (Å²) in [5.41, 5.74) is 5.20. The Bertz CT molecular complexity index is 443. The molecule has 1 saturated heterocycles. The van der Waals surface area contributed by atoms with Crippen molar-refractivity contribution in [3.05, 3.63) is 16.4 Å². The van der Waals surface area contributed by atoms with Crippen molar-refractivity contribution in [3.8, 4) is 0 Å². The Hall–Kier alpha value is -0.980. The van der Waals surface area contributed by atoms with Crippen molar-refractivity contribution in [3.63, 3.8) is 0 Å². The fourth-order valence-corrected chi connectivity index (χ4v) is 2.31. The Morgan fingerprint density at radius 3 is 2.88 bits per heavy atom. The van der Waals surface area contributed by atoms with Crippen LogP contribution in [0.5, 0.6) is 0 Å². The van der Waals surface area contributed by atoms with E-state index >= 15 is 0 Å². The normalized spacial score (nSPS) is 21.0. The van der Waals surface area contributed by atoms with Crippen LogP contribution in [0.25, 0.3) is 0 Å². The van der Waals surface area contributed by atoms with E-state index in [1.165, 1.54) is 11.3 Å². The second-order valence-corrected chi connectivity index (χ2v) is 4.85. The van der Waals surface area contributed by atoms with Gasteiger partial charge in [0.15, 0.2) is 4.80 Å². The summed E-state index contributed by atoms with van der Waals surface area (Å²) in [6.07, 6.45) is 2.96. The van der Waals surface area contributed by atoms with Crippen LogP contribution in [0.3, 0.4) is 0 Å². The Kier molecular flexibility index (Phi) is 3.22. The number of hydrogen-bond donors (Lipinski definition) is 1. The van der Waals surface area contributed by atoms with Gasteiger partial charge >= 0.3 is 0 Å². The highest BCUT2D eigenvalue weighted by atomic mass is 32.1. The number of carbonyl (C=O) groups excluding carboxylic acids is 1. The van der Waals surface area contributed by atoms with Crippen molar-refractivity contribution in [2.75, 3.05) is 13.2 Å². The Morgan fingerprint density at radius 2 is 2.31 bits per heavy atom. The molecule has 88 valence electrons. The third kappa shape index (κ3) is 2.23. The zero-order valence-corrected chi connectivity index (χ0v) is 10.00. The molecule has 1 aromatic heterocycles. The highest BCUT2D eigenvalue weighted by molar-refractivity contribution is 7.07. The predicted molar refractivity (Wildman–Crippen MR) is 60.8 cm³/mol. The van der Waals surface area contributed by atoms with Gasteiger partial charge in [-0.25, -0.2) is 0 Å². The molecule has 0 unspecified atom stereocenters. The molecule has 2 N–H and O–H groups in total. The largest absolute Gasteiger partial charge is 0.381 e. The lowest BCUT2D eigenvalue weighted by Gasteiger charge is -2.29. The summed E-state index contributed by atoms with van der Waals surface area (Å²) in [5, 5.41) is 1.89. The fraction of sp³-hybridized carbons (Fsp3) is 0.600. The minimum Gasteiger partial charge on any atom is -0.381 e. The lowest BCUT2D eigenvalue weighted by molar-refractivity contribution is -0.126. The van der Waals surface area contributed by atoms with Gasteiger partial charge in [-0.2, -0.15) is 4.99 Å². The number of ether oxygens (including phenoxy) is 1. The number of thiazole rings is 1. The van der Waals surface area contributed by atoms with Gasteiger partial charge in [-0.3, -0.25) is 4.79 Å². The SMILES string of the molecule is Cn1ccsc1=NC(=O)C1(N)CCOCC1. The summed E-state index contributed by atoms with van der Waals surface area (Å²) in [6, 6.07) is 0. The van der Waals surface area contributed by atoms with Gasteiger partial charge in [0.2, 0.25) is 0 Å². The molecular weight excluding hydrogens is 226 g/mol. The molecule has 1 aromatic rings. The molecule has 0 spiro atoms. The Morgan fingerprint density at radius 1 is 1.62 bits per heavy atom. The zero-order chi connectivity index (χ0) is 11.6. The second kappa shape index (κ2) is 4.48. The Balaban J connectivity index is 2.23. The predicted octanol–water partition coefficient (Wildman–Crippen LogP) is 0.0218. The molecule has 0 atom stereocenters. The molecule has 0 bridgehead atoms. The molecule has 2 heterocycles. The molecule has 16 heavy (non-hydrogen) atoms. The Labute approximate surface area is 97.6 Å². The first-order valence-corrected chi connectivity index (χ1v) is 6.06. The monoisotopic (exact) mass is 241 g/mol. The molecule has 2 rings (SSSR count). The molecule has 1 aliphatic rings. The van der Waals surface area contributed by atoms with Gasteiger partial charge in [0.05, 0.1) is 0 Å². The van der Waals surface area contributed by atoms with Gasteiger partial charge in [0.1, 0.15) is 5.54 Å². The van der Waals surface area contributed by atoms with Crippen molar-refractivity contribution in [1.29, 1.82) is 0 Å². The molecule has 1 fully saturated rings. The molecule has 0 aliphatic carbocycles. The topological polar surface area (TPSA) is 69.6 Å². The van der Waals surface area contributed by atoms with Crippen LogP contribution in [0.1, 0.15) is 12.8 Å². The molecule has 1 amide bonds. The number of nitrogens with two attached hydrogens (primary N) is 1. The first-order chi connectivity index (χ1) is 7.62. The van der Waals surface area contributed by atoms with Crippen molar-refractivity contribution < 1.29 is 9.53 Å². The summed E-state index contributed by atoms with van der Waals surface area (Å²) in [4.78, 5) is 16.7. The molecule has 1 aliphatic heterocycles. The van der Waals surface area contributed by atoms with Gasteiger partial charge in [-0.15, -0.1) is 11.3 Å². The van der Waals surface area contributed by atoms with E-state index in [0.717, 1.165) is 0 Å². The third-order valence-corrected chi connectivity index (χ3v) is 3.62. The minimum absolute atomic E-state index is 0.242. The summed E-state index contributed by atoms with van der Waals surface area (Å²) < 4.78 is 7.01. The standard InChI is InChI=1S/C10H15N3O2S/c1-13-4-7-16-9(13)12-8(14)10(11)2-5-15-6-3-10/h4,7H,2-3,5-6,11H2,1H3. The van der Waals surface area contributed by atoms with E-state index in [1.54, 1.807) is 0 Å². The number of rotatable bonds is 1. The van der Waals surface area contributed by atoms with Crippen molar-refractivity contribution >= 4 is 17.2 Å². The highest BCUT2D eigenvalue weighted by Crippen LogP contribution is 2.18. The van der Waals surface area contributed by atoms with Crippen LogP contribution in [0.4, 0.5) is 0 Å². The van der Waals surface area contributed by atoms with Crippen LogP contribution in [-0.4, -0.2) is 29.2 Å². The number of aromatic nitrogens is 1. The maximum atomic E-state index is 12.0. The van der Waals surface area contributed by atoms with Crippen molar-refractivity contribution in [2.24, 2.45) is 17.8 Å². The van der Waals surface area contributed by atoms with Crippen LogP contribution in [0.2, 0.25) is 0 Å². The van der Waals surface area contributed by atoms with Crippen LogP contribution >= 0.6 is 11.3 Å². The van der Waals surface area contributed by atoms with Gasteiger partial charge in [-0.1, -0.05) is 0 Å². The van der Waals surface area contributed by atoms with Gasteiger partial charge < -0.3 is 15.0 Å². The van der Waals surface area contributed by atoms with E-state index in [-0.39, 0.29) is 5.91 Å². The van der Waals surface area contributed by atoms with Gasteiger partial charge in [0, 0.05) is 31.8 Å². The van der Waals surface area contributed by atoms with Crippen LogP contribution in [0, 0.1) is 0 Å². The zero-order valence-electron chi connectivity index (χ0n) is 9.18. The van der Waals surface area contributed by atoms with E-state index in [0.29, 0.717) is 30.9 Å². The molecular formula is C10H15N3O2S. The lowest BCUT2D eigenvalue weighted by Crippen LogP contribution is -2.51. The number of hydrogen-bond acceptors (Lipinski definition) is 4. The van der Waals surface area contributed by atoms with E-state index in [9.17, 15) is 4.79 Å². The average Bonchev–Trinajstić information content (AvgIpc) is 2.65. The average molecular weight is 241 g/mol. The number of aryl methyl sites for hydroxylation is 1. The molecule has 6 heteroatoms. The van der Waals surface area contributed by atoms with E-state index in [2.05, 4.69) is 4.99 Å². The van der Waals surface area contributed by atoms with E-state index in [1.807, 2.05) is 23.2 Å². The summed E-state index contributed by atoms with van der Waals surface area (Å²) in [6.45, 7) is 1.07. The van der Waals surface area contributed by atoms with Gasteiger partial charge in [0.25, 0.3) is 5.91 Å². The van der Waals surface area contributed by atoms with E-state index in [4.69, 9.17) is 10.5 Å². The molecule has 0 aromatic carbocycles. The van der Waals surface area contributed by atoms with E-state index < -0.39 is 5.54 Å². The van der Waals surface area contributed by atoms with Crippen molar-refractivity contribution in [1.82, 2.24) is 4.57 Å². The first-order valence-electron chi connectivity index (χ1n) is 5.18. The van der Waals surface area contributed by atoms with Crippen molar-refractivity contribution in [2.45, 2.75) is 18.4 Å². The lowest BCUT2D eigenvalue weighted by atomic mass is 9.91. The summed E-state index contributed by atoms with van der Waals surface area (Å²) >= 11 is 1.43. The number of amides is 1. The van der Waals surface area contributed by atoms with Gasteiger partial charge in [-0.05, 0) is 12.8 Å². The first kappa shape index (κ1) is 11.5. The number of carbonyl (C=O) groups is 1. The molecule has 0 radical (unpaired) electrons. The maximum absolute atomic E-state index is 12.0. The third-order valence-electron chi connectivity index (χ3n) is 2.77. The minimum atomic E-state index is -0.838. The summed E-state index contributed by atoms with van der Waals surface area (Å²) in [7, 11) is 1.86. The summed E-state index contributed by atoms with van der Waals surface area (Å²) in [5.74, 6) is -0.242. The molecule has 5 nitrogen and oxygen atoms in total. The van der Waals surface area contributed by atoms with Crippen LogP contribution < -0.4 is 10.5 Å². The second-order valence-electron chi connectivity index (χ2n) is 3.98. The quantitative estimate of drug-likeness (QED) is 0.753.